The van der Waals surface area contributed by atoms with Gasteiger partial charge >= 0.3 is 0 Å². The summed E-state index contributed by atoms with van der Waals surface area (Å²) in [6.07, 6.45) is 0. The fraction of sp³-hybridized carbons (Fsp3) is 0. The van der Waals surface area contributed by atoms with Crippen LogP contribution in [0.3, 0.4) is 0 Å². The third kappa shape index (κ3) is 1.70. The van der Waals surface area contributed by atoms with E-state index < -0.39 is 0 Å². The van der Waals surface area contributed by atoms with Crippen LogP contribution in [-0.4, -0.2) is 0 Å². The molecule has 13 heavy (non-hydrogen) atoms. The smallest absolute Gasteiger partial charge is 0.0184 e. The van der Waals surface area contributed by atoms with Crippen LogP contribution in [0.4, 0.5) is 0 Å². The monoisotopic (exact) mass is 169 g/mol. The standard InChI is InChI=1S/C12H10O/c13-12-8-6-11(7-9-12)10-4-2-1-3-5-10/h1-9,13H/p-1. The van der Waals surface area contributed by atoms with Crippen molar-refractivity contribution in [2.45, 2.75) is 0 Å². The average molecular weight is 169 g/mol. The summed E-state index contributed by atoms with van der Waals surface area (Å²) in [6.45, 7) is 0. The minimum atomic E-state index is 0.0553. The second-order valence-electron chi connectivity index (χ2n) is 2.89. The molecule has 1 nitrogen and oxygen atoms in total. The van der Waals surface area contributed by atoms with E-state index in [0.717, 1.165) is 11.1 Å². The van der Waals surface area contributed by atoms with Crippen molar-refractivity contribution in [3.63, 3.8) is 0 Å². The average Bonchev–Trinajstić information content (AvgIpc) is 2.20. The van der Waals surface area contributed by atoms with Gasteiger partial charge in [-0.05, 0) is 11.1 Å². The lowest BCUT2D eigenvalue weighted by Crippen LogP contribution is -1.87. The van der Waals surface area contributed by atoms with E-state index in [2.05, 4.69) is 0 Å². The largest absolute Gasteiger partial charge is 0.872 e. The van der Waals surface area contributed by atoms with Crippen molar-refractivity contribution in [2.24, 2.45) is 0 Å². The van der Waals surface area contributed by atoms with Gasteiger partial charge in [0.25, 0.3) is 0 Å². The van der Waals surface area contributed by atoms with Gasteiger partial charge in [-0.15, -0.1) is 5.75 Å². The Morgan fingerprint density at radius 2 is 1.15 bits per heavy atom. The Balaban J connectivity index is 2.42. The van der Waals surface area contributed by atoms with Gasteiger partial charge in [-0.2, -0.15) is 0 Å². The molecule has 0 fully saturated rings. The van der Waals surface area contributed by atoms with Gasteiger partial charge in [-0.1, -0.05) is 54.6 Å². The van der Waals surface area contributed by atoms with Gasteiger partial charge in [-0.25, -0.2) is 0 Å². The molecule has 0 bridgehead atoms. The van der Waals surface area contributed by atoms with Crippen LogP contribution in [0.15, 0.2) is 54.6 Å². The topological polar surface area (TPSA) is 23.1 Å². The van der Waals surface area contributed by atoms with Crippen LogP contribution in [-0.2, 0) is 0 Å². The maximum atomic E-state index is 10.9. The van der Waals surface area contributed by atoms with Crippen LogP contribution >= 0.6 is 0 Å². The number of rotatable bonds is 1. The molecule has 0 heterocycles. The first-order valence-corrected chi connectivity index (χ1v) is 4.19. The van der Waals surface area contributed by atoms with E-state index in [1.54, 1.807) is 12.1 Å². The first-order valence-electron chi connectivity index (χ1n) is 4.19. The Labute approximate surface area is 77.3 Å². The lowest BCUT2D eigenvalue weighted by Gasteiger charge is -2.05. The van der Waals surface area contributed by atoms with Crippen molar-refractivity contribution in [1.29, 1.82) is 0 Å². The zero-order valence-corrected chi connectivity index (χ0v) is 7.10. The Kier molecular flexibility index (Phi) is 2.01. The molecule has 64 valence electrons. The normalized spacial score (nSPS) is 9.85. The predicted molar refractivity (Wildman–Crippen MR) is 51.3 cm³/mol. The van der Waals surface area contributed by atoms with E-state index in [9.17, 15) is 5.11 Å². The summed E-state index contributed by atoms with van der Waals surface area (Å²) in [6, 6.07) is 16.9. The van der Waals surface area contributed by atoms with Crippen LogP contribution < -0.4 is 5.11 Å². The molecule has 0 saturated heterocycles. The van der Waals surface area contributed by atoms with Crippen molar-refractivity contribution < 1.29 is 5.11 Å². The minimum absolute atomic E-state index is 0.0553. The van der Waals surface area contributed by atoms with Crippen LogP contribution in [0.2, 0.25) is 0 Å². The summed E-state index contributed by atoms with van der Waals surface area (Å²) < 4.78 is 0. The summed E-state index contributed by atoms with van der Waals surface area (Å²) in [4.78, 5) is 0. The molecule has 2 aromatic carbocycles. The molecule has 2 rings (SSSR count). The van der Waals surface area contributed by atoms with Crippen molar-refractivity contribution in [3.05, 3.63) is 54.6 Å². The molecule has 0 spiro atoms. The number of hydrogen-bond donors (Lipinski definition) is 0. The van der Waals surface area contributed by atoms with Gasteiger partial charge < -0.3 is 5.11 Å². The zero-order valence-electron chi connectivity index (χ0n) is 7.10. The number of hydrogen-bond acceptors (Lipinski definition) is 1. The molecule has 0 amide bonds. The minimum Gasteiger partial charge on any atom is -0.872 e. The van der Waals surface area contributed by atoms with Crippen molar-refractivity contribution in [3.8, 4) is 16.9 Å². The van der Waals surface area contributed by atoms with E-state index in [-0.39, 0.29) is 5.75 Å². The second-order valence-corrected chi connectivity index (χ2v) is 2.89. The Morgan fingerprint density at radius 1 is 0.615 bits per heavy atom. The molecule has 0 aliphatic rings. The van der Waals surface area contributed by atoms with Crippen LogP contribution in [0, 0.1) is 0 Å². The number of benzene rings is 2. The van der Waals surface area contributed by atoms with E-state index >= 15 is 0 Å². The lowest BCUT2D eigenvalue weighted by molar-refractivity contribution is -0.268. The summed E-state index contributed by atoms with van der Waals surface area (Å²) >= 11 is 0. The highest BCUT2D eigenvalue weighted by Crippen LogP contribution is 2.19. The summed E-state index contributed by atoms with van der Waals surface area (Å²) in [5.74, 6) is 0.0553. The Morgan fingerprint density at radius 3 is 1.77 bits per heavy atom. The summed E-state index contributed by atoms with van der Waals surface area (Å²) in [5.41, 5.74) is 2.22. The highest BCUT2D eigenvalue weighted by Gasteiger charge is 1.92. The van der Waals surface area contributed by atoms with Gasteiger partial charge in [0.2, 0.25) is 0 Å². The third-order valence-electron chi connectivity index (χ3n) is 1.96. The molecule has 0 atom stereocenters. The van der Waals surface area contributed by atoms with Crippen LogP contribution in [0.5, 0.6) is 5.75 Å². The molecular formula is C12H9O-. The van der Waals surface area contributed by atoms with E-state index in [1.165, 1.54) is 0 Å². The lowest BCUT2D eigenvalue weighted by atomic mass is 10.1. The van der Waals surface area contributed by atoms with Gasteiger partial charge in [0.1, 0.15) is 0 Å². The van der Waals surface area contributed by atoms with Crippen LogP contribution in [0.25, 0.3) is 11.1 Å². The van der Waals surface area contributed by atoms with Gasteiger partial charge in [-0.3, -0.25) is 0 Å². The molecule has 0 aliphatic heterocycles. The van der Waals surface area contributed by atoms with Crippen molar-refractivity contribution in [1.82, 2.24) is 0 Å². The first kappa shape index (κ1) is 7.87. The van der Waals surface area contributed by atoms with E-state index in [4.69, 9.17) is 0 Å². The van der Waals surface area contributed by atoms with Gasteiger partial charge in [0.15, 0.2) is 0 Å². The Hall–Kier alpha value is -1.76. The molecule has 0 aliphatic carbocycles. The third-order valence-corrected chi connectivity index (χ3v) is 1.96. The predicted octanol–water partition coefficient (Wildman–Crippen LogP) is 2.43. The first-order chi connectivity index (χ1) is 6.36. The zero-order chi connectivity index (χ0) is 9.10. The van der Waals surface area contributed by atoms with Gasteiger partial charge in [0, 0.05) is 0 Å². The maximum absolute atomic E-state index is 10.9. The van der Waals surface area contributed by atoms with Gasteiger partial charge in [0.05, 0.1) is 0 Å². The summed E-state index contributed by atoms with van der Waals surface area (Å²) in [5, 5.41) is 10.9. The SMILES string of the molecule is [O-]c1ccc(-c2ccccc2)cc1. The fourth-order valence-corrected chi connectivity index (χ4v) is 1.28. The van der Waals surface area contributed by atoms with E-state index in [1.807, 2.05) is 42.5 Å². The molecule has 0 saturated carbocycles. The highest BCUT2D eigenvalue weighted by atomic mass is 16.3. The Bertz CT molecular complexity index is 376. The molecular weight excluding hydrogens is 160 g/mol. The molecule has 2 aromatic rings. The summed E-state index contributed by atoms with van der Waals surface area (Å²) in [7, 11) is 0. The molecule has 1 heteroatoms. The van der Waals surface area contributed by atoms with Crippen molar-refractivity contribution in [2.75, 3.05) is 0 Å². The molecule has 0 radical (unpaired) electrons. The molecule has 0 aromatic heterocycles. The fourth-order valence-electron chi connectivity index (χ4n) is 1.28. The van der Waals surface area contributed by atoms with Crippen LogP contribution in [0.1, 0.15) is 0 Å². The molecule has 0 unspecified atom stereocenters. The quantitative estimate of drug-likeness (QED) is 0.643. The molecule has 0 N–H and O–H groups in total. The maximum Gasteiger partial charge on any atom is -0.0184 e. The van der Waals surface area contributed by atoms with E-state index in [0.29, 0.717) is 0 Å². The second kappa shape index (κ2) is 3.31. The highest BCUT2D eigenvalue weighted by molar-refractivity contribution is 5.63. The van der Waals surface area contributed by atoms with Crippen molar-refractivity contribution >= 4 is 0 Å².